The van der Waals surface area contributed by atoms with Crippen molar-refractivity contribution < 1.29 is 0 Å². The summed E-state index contributed by atoms with van der Waals surface area (Å²) in [6.07, 6.45) is 7.64. The molecule has 0 saturated carbocycles. The Morgan fingerprint density at radius 3 is 2.70 bits per heavy atom. The molecule has 2 unspecified atom stereocenters. The van der Waals surface area contributed by atoms with Crippen LogP contribution in [0.3, 0.4) is 0 Å². The largest absolute Gasteiger partial charge is 0.316 e. The zero-order valence-corrected chi connectivity index (χ0v) is 13.6. The quantitative estimate of drug-likeness (QED) is 0.941. The van der Waals surface area contributed by atoms with Crippen molar-refractivity contribution in [3.63, 3.8) is 0 Å². The lowest BCUT2D eigenvalue weighted by Gasteiger charge is -2.35. The van der Waals surface area contributed by atoms with Gasteiger partial charge in [-0.2, -0.15) is 0 Å². The van der Waals surface area contributed by atoms with Gasteiger partial charge < -0.3 is 5.32 Å². The number of pyridine rings is 1. The third kappa shape index (κ3) is 3.04. The van der Waals surface area contributed by atoms with E-state index in [2.05, 4.69) is 57.7 Å². The molecule has 0 bridgehead atoms. The Kier molecular flexibility index (Phi) is 4.15. The summed E-state index contributed by atoms with van der Waals surface area (Å²) in [5.41, 5.74) is 3.24. The summed E-state index contributed by atoms with van der Waals surface area (Å²) in [5.74, 6) is 0. The fraction of sp³-hybridized carbons (Fsp3) is 0.450. The molecule has 4 rings (SSSR count). The number of nitrogens with zero attached hydrogens (tertiary/aromatic N) is 2. The highest BCUT2D eigenvalue weighted by Gasteiger charge is 2.48. The normalized spacial score (nSPS) is 27.7. The molecular weight excluding hydrogens is 282 g/mol. The van der Waals surface area contributed by atoms with Crippen LogP contribution in [-0.2, 0) is 13.0 Å². The molecule has 3 nitrogen and oxygen atoms in total. The van der Waals surface area contributed by atoms with Gasteiger partial charge in [0, 0.05) is 36.9 Å². The predicted octanol–water partition coefficient (Wildman–Crippen LogP) is 2.88. The zero-order chi connectivity index (χ0) is 15.5. The SMILES string of the molecule is c1ccc(CN2CCC3(CCNC3)C2Cc2cccnc2)cc1. The maximum Gasteiger partial charge on any atom is 0.0300 e. The molecule has 1 N–H and O–H groups in total. The summed E-state index contributed by atoms with van der Waals surface area (Å²) in [5, 5.41) is 3.61. The van der Waals surface area contributed by atoms with E-state index >= 15 is 0 Å². The lowest BCUT2D eigenvalue weighted by Crippen LogP contribution is -2.42. The average molecular weight is 307 g/mol. The van der Waals surface area contributed by atoms with Gasteiger partial charge in [0.05, 0.1) is 0 Å². The molecule has 2 saturated heterocycles. The molecule has 23 heavy (non-hydrogen) atoms. The van der Waals surface area contributed by atoms with Crippen molar-refractivity contribution in [2.45, 2.75) is 31.8 Å². The Labute approximate surface area is 138 Å². The molecule has 2 atom stereocenters. The maximum atomic E-state index is 4.32. The molecule has 2 fully saturated rings. The van der Waals surface area contributed by atoms with E-state index in [1.54, 1.807) is 0 Å². The van der Waals surface area contributed by atoms with Gasteiger partial charge in [0.15, 0.2) is 0 Å². The van der Waals surface area contributed by atoms with Gasteiger partial charge >= 0.3 is 0 Å². The molecule has 120 valence electrons. The summed E-state index contributed by atoms with van der Waals surface area (Å²) in [6.45, 7) is 4.61. The van der Waals surface area contributed by atoms with Gasteiger partial charge in [-0.25, -0.2) is 0 Å². The second-order valence-electron chi connectivity index (χ2n) is 7.08. The Hall–Kier alpha value is -1.71. The van der Waals surface area contributed by atoms with Crippen LogP contribution in [0.25, 0.3) is 0 Å². The monoisotopic (exact) mass is 307 g/mol. The van der Waals surface area contributed by atoms with Crippen LogP contribution < -0.4 is 5.32 Å². The van der Waals surface area contributed by atoms with E-state index in [9.17, 15) is 0 Å². The van der Waals surface area contributed by atoms with Gasteiger partial charge in [-0.15, -0.1) is 0 Å². The number of hydrogen-bond acceptors (Lipinski definition) is 3. The molecule has 2 aromatic rings. The highest BCUT2D eigenvalue weighted by molar-refractivity contribution is 5.18. The third-order valence-electron chi connectivity index (χ3n) is 5.70. The molecule has 1 aromatic carbocycles. The first-order valence-electron chi connectivity index (χ1n) is 8.73. The molecule has 0 amide bonds. The van der Waals surface area contributed by atoms with Crippen molar-refractivity contribution in [1.29, 1.82) is 0 Å². The van der Waals surface area contributed by atoms with Gasteiger partial charge in [0.2, 0.25) is 0 Å². The fourth-order valence-corrected chi connectivity index (χ4v) is 4.43. The molecule has 2 aliphatic heterocycles. The first-order chi connectivity index (χ1) is 11.4. The van der Waals surface area contributed by atoms with Crippen LogP contribution in [0.1, 0.15) is 24.0 Å². The van der Waals surface area contributed by atoms with E-state index in [4.69, 9.17) is 0 Å². The Bertz CT molecular complexity index is 620. The van der Waals surface area contributed by atoms with Gasteiger partial charge in [-0.05, 0) is 49.5 Å². The van der Waals surface area contributed by atoms with E-state index in [0.29, 0.717) is 11.5 Å². The van der Waals surface area contributed by atoms with E-state index in [0.717, 1.165) is 13.0 Å². The number of nitrogens with one attached hydrogen (secondary N) is 1. The molecule has 0 aliphatic carbocycles. The zero-order valence-electron chi connectivity index (χ0n) is 13.6. The Balaban J connectivity index is 1.57. The summed E-state index contributed by atoms with van der Waals surface area (Å²) in [7, 11) is 0. The summed E-state index contributed by atoms with van der Waals surface area (Å²) >= 11 is 0. The fourth-order valence-electron chi connectivity index (χ4n) is 4.43. The topological polar surface area (TPSA) is 28.2 Å². The molecule has 1 spiro atoms. The van der Waals surface area contributed by atoms with Crippen LogP contribution in [0.15, 0.2) is 54.9 Å². The van der Waals surface area contributed by atoms with Crippen molar-refractivity contribution in [3.8, 4) is 0 Å². The number of likely N-dealkylation sites (tertiary alicyclic amines) is 1. The second-order valence-corrected chi connectivity index (χ2v) is 7.08. The minimum Gasteiger partial charge on any atom is -0.316 e. The van der Waals surface area contributed by atoms with Crippen LogP contribution in [0, 0.1) is 5.41 Å². The number of benzene rings is 1. The molecule has 0 radical (unpaired) electrons. The standard InChI is InChI=1S/C20H25N3/c1-2-5-17(6-3-1)15-23-12-9-20(8-11-22-16-20)19(23)13-18-7-4-10-21-14-18/h1-7,10,14,19,22H,8-9,11-13,15-16H2. The van der Waals surface area contributed by atoms with Crippen molar-refractivity contribution in [2.24, 2.45) is 5.41 Å². The summed E-state index contributed by atoms with van der Waals surface area (Å²) in [4.78, 5) is 7.02. The predicted molar refractivity (Wildman–Crippen MR) is 93.1 cm³/mol. The van der Waals surface area contributed by atoms with E-state index in [-0.39, 0.29) is 0 Å². The van der Waals surface area contributed by atoms with Gasteiger partial charge in [0.1, 0.15) is 0 Å². The maximum absolute atomic E-state index is 4.32. The Morgan fingerprint density at radius 2 is 1.96 bits per heavy atom. The summed E-state index contributed by atoms with van der Waals surface area (Å²) < 4.78 is 0. The highest BCUT2D eigenvalue weighted by atomic mass is 15.2. The number of rotatable bonds is 4. The van der Waals surface area contributed by atoms with Gasteiger partial charge in [0.25, 0.3) is 0 Å². The first-order valence-corrected chi connectivity index (χ1v) is 8.73. The minimum atomic E-state index is 0.449. The van der Waals surface area contributed by atoms with Crippen molar-refractivity contribution in [2.75, 3.05) is 19.6 Å². The third-order valence-corrected chi connectivity index (χ3v) is 5.70. The van der Waals surface area contributed by atoms with Crippen molar-refractivity contribution >= 4 is 0 Å². The van der Waals surface area contributed by atoms with Crippen LogP contribution in [0.4, 0.5) is 0 Å². The molecule has 1 aromatic heterocycles. The van der Waals surface area contributed by atoms with E-state index in [1.165, 1.54) is 43.6 Å². The van der Waals surface area contributed by atoms with E-state index in [1.807, 2.05) is 12.4 Å². The lowest BCUT2D eigenvalue weighted by atomic mass is 9.77. The van der Waals surface area contributed by atoms with E-state index < -0.39 is 0 Å². The lowest BCUT2D eigenvalue weighted by molar-refractivity contribution is 0.160. The first kappa shape index (κ1) is 14.9. The minimum absolute atomic E-state index is 0.449. The van der Waals surface area contributed by atoms with Crippen molar-refractivity contribution in [3.05, 3.63) is 66.0 Å². The number of hydrogen-bond donors (Lipinski definition) is 1. The van der Waals surface area contributed by atoms with Crippen LogP contribution >= 0.6 is 0 Å². The number of aromatic nitrogens is 1. The average Bonchev–Trinajstić information content (AvgIpc) is 3.20. The molecule has 3 heteroatoms. The Morgan fingerprint density at radius 1 is 1.09 bits per heavy atom. The second kappa shape index (κ2) is 6.42. The summed E-state index contributed by atoms with van der Waals surface area (Å²) in [6, 6.07) is 15.8. The van der Waals surface area contributed by atoms with Crippen LogP contribution in [0.5, 0.6) is 0 Å². The molecule has 2 aliphatic rings. The van der Waals surface area contributed by atoms with Crippen LogP contribution in [-0.4, -0.2) is 35.6 Å². The molecule has 3 heterocycles. The van der Waals surface area contributed by atoms with Crippen LogP contribution in [0.2, 0.25) is 0 Å². The van der Waals surface area contributed by atoms with Gasteiger partial charge in [-0.3, -0.25) is 9.88 Å². The smallest absolute Gasteiger partial charge is 0.0300 e. The van der Waals surface area contributed by atoms with Gasteiger partial charge in [-0.1, -0.05) is 36.4 Å². The highest BCUT2D eigenvalue weighted by Crippen LogP contribution is 2.43. The van der Waals surface area contributed by atoms with Crippen molar-refractivity contribution in [1.82, 2.24) is 15.2 Å². The molecular formula is C20H25N3.